The summed E-state index contributed by atoms with van der Waals surface area (Å²) in [5.74, 6) is 0.501. The highest BCUT2D eigenvalue weighted by Crippen LogP contribution is 2.38. The van der Waals surface area contributed by atoms with E-state index in [9.17, 15) is 9.90 Å². The molecule has 2 heterocycles. The number of ether oxygens (including phenoxy) is 1. The van der Waals surface area contributed by atoms with Gasteiger partial charge in [-0.2, -0.15) is 0 Å². The second kappa shape index (κ2) is 7.02. The highest BCUT2D eigenvalue weighted by atomic mass is 16.5. The number of aryl methyl sites for hydroxylation is 1. The number of nitrogens with one attached hydrogen (secondary N) is 1. The van der Waals surface area contributed by atoms with Gasteiger partial charge in [0.05, 0.1) is 30.5 Å². The maximum absolute atomic E-state index is 12.7. The number of aliphatic hydroxyl groups excluding tert-OH is 1. The minimum absolute atomic E-state index is 0.132. The molecule has 1 unspecified atom stereocenters. The molecule has 3 rings (SSSR count). The van der Waals surface area contributed by atoms with Gasteiger partial charge >= 0.3 is 0 Å². The third kappa shape index (κ3) is 3.69. The second-order valence-electron chi connectivity index (χ2n) is 6.20. The lowest BCUT2D eigenvalue weighted by atomic mass is 9.75. The average molecular weight is 343 g/mol. The molecule has 2 aromatic rings. The van der Waals surface area contributed by atoms with Crippen LogP contribution in [-0.2, 0) is 0 Å². The molecule has 132 valence electrons. The molecule has 0 aromatic carbocycles. The van der Waals surface area contributed by atoms with E-state index < -0.39 is 0 Å². The van der Waals surface area contributed by atoms with Gasteiger partial charge in [0.25, 0.3) is 5.91 Å². The molecule has 8 heteroatoms. The van der Waals surface area contributed by atoms with Crippen molar-refractivity contribution in [3.63, 3.8) is 0 Å². The van der Waals surface area contributed by atoms with Crippen molar-refractivity contribution < 1.29 is 14.6 Å². The zero-order valence-electron chi connectivity index (χ0n) is 14.1. The van der Waals surface area contributed by atoms with E-state index in [0.29, 0.717) is 30.0 Å². The summed E-state index contributed by atoms with van der Waals surface area (Å²) >= 11 is 0. The van der Waals surface area contributed by atoms with E-state index in [0.717, 1.165) is 5.56 Å². The molecule has 0 bridgehead atoms. The molecule has 0 aliphatic heterocycles. The molecule has 1 amide bonds. The van der Waals surface area contributed by atoms with E-state index in [2.05, 4.69) is 20.3 Å². The van der Waals surface area contributed by atoms with Crippen molar-refractivity contribution in [2.45, 2.75) is 31.9 Å². The van der Waals surface area contributed by atoms with Gasteiger partial charge < -0.3 is 20.9 Å². The van der Waals surface area contributed by atoms with Gasteiger partial charge in [0.15, 0.2) is 0 Å². The predicted molar refractivity (Wildman–Crippen MR) is 90.9 cm³/mol. The molecule has 25 heavy (non-hydrogen) atoms. The Bertz CT molecular complexity index is 759. The first-order chi connectivity index (χ1) is 12.0. The van der Waals surface area contributed by atoms with Crippen LogP contribution in [0, 0.1) is 12.8 Å². The number of nitrogens with zero attached hydrogens (tertiary/aromatic N) is 3. The molecule has 1 aliphatic carbocycles. The molecule has 2 aromatic heterocycles. The molecule has 1 aliphatic rings. The average Bonchev–Trinajstić information content (AvgIpc) is 2.57. The molecule has 4 N–H and O–H groups in total. The Morgan fingerprint density at radius 1 is 1.36 bits per heavy atom. The Morgan fingerprint density at radius 3 is 2.68 bits per heavy atom. The van der Waals surface area contributed by atoms with Crippen LogP contribution in [0.5, 0.6) is 5.88 Å². The number of rotatable bonds is 5. The van der Waals surface area contributed by atoms with Crippen LogP contribution in [0.1, 0.15) is 40.5 Å². The maximum Gasteiger partial charge on any atom is 0.255 e. The van der Waals surface area contributed by atoms with Crippen molar-refractivity contribution in [3.8, 4) is 5.88 Å². The number of carbonyl (C=O) groups is 1. The summed E-state index contributed by atoms with van der Waals surface area (Å²) in [5.41, 5.74) is 7.30. The number of anilines is 1. The van der Waals surface area contributed by atoms with Crippen molar-refractivity contribution in [1.29, 1.82) is 0 Å². The molecule has 0 radical (unpaired) electrons. The Hall–Kier alpha value is -2.74. The van der Waals surface area contributed by atoms with Crippen LogP contribution < -0.4 is 15.8 Å². The minimum Gasteiger partial charge on any atom is -0.481 e. The van der Waals surface area contributed by atoms with Gasteiger partial charge in [0, 0.05) is 18.5 Å². The highest BCUT2D eigenvalue weighted by molar-refractivity contribution is 5.95. The van der Waals surface area contributed by atoms with Gasteiger partial charge in [-0.3, -0.25) is 4.79 Å². The van der Waals surface area contributed by atoms with E-state index in [-0.39, 0.29) is 29.9 Å². The van der Waals surface area contributed by atoms with Crippen molar-refractivity contribution in [2.24, 2.45) is 5.92 Å². The van der Waals surface area contributed by atoms with Gasteiger partial charge in [-0.05, 0) is 31.2 Å². The Kier molecular flexibility index (Phi) is 4.80. The summed E-state index contributed by atoms with van der Waals surface area (Å²) in [6, 6.07) is 3.36. The number of nitrogens with two attached hydrogens (primary N) is 1. The molecule has 0 spiro atoms. The summed E-state index contributed by atoms with van der Waals surface area (Å²) in [4.78, 5) is 24.8. The van der Waals surface area contributed by atoms with Gasteiger partial charge in [-0.15, -0.1) is 0 Å². The van der Waals surface area contributed by atoms with Crippen molar-refractivity contribution in [3.05, 3.63) is 41.3 Å². The number of methoxy groups -OCH3 is 1. The summed E-state index contributed by atoms with van der Waals surface area (Å²) in [5, 5.41) is 12.7. The normalized spacial score (nSPS) is 20.4. The lowest BCUT2D eigenvalue weighted by Gasteiger charge is -2.38. The zero-order valence-corrected chi connectivity index (χ0v) is 14.1. The lowest BCUT2D eigenvalue weighted by molar-refractivity contribution is 0.0234. The molecule has 1 fully saturated rings. The number of hydrogen-bond acceptors (Lipinski definition) is 7. The minimum atomic E-state index is -0.322. The number of amides is 1. The highest BCUT2D eigenvalue weighted by Gasteiger charge is 2.36. The lowest BCUT2D eigenvalue weighted by Crippen LogP contribution is -2.41. The zero-order chi connectivity index (χ0) is 18.0. The fraction of sp³-hybridized carbons (Fsp3) is 0.412. The van der Waals surface area contributed by atoms with E-state index in [4.69, 9.17) is 10.5 Å². The summed E-state index contributed by atoms with van der Waals surface area (Å²) in [6.07, 6.45) is 4.05. The molecule has 0 saturated heterocycles. The van der Waals surface area contributed by atoms with Crippen molar-refractivity contribution >= 4 is 11.9 Å². The third-order valence-corrected chi connectivity index (χ3v) is 4.48. The Balaban J connectivity index is 1.83. The van der Waals surface area contributed by atoms with Crippen LogP contribution in [0.4, 0.5) is 5.95 Å². The molecule has 8 nitrogen and oxygen atoms in total. The van der Waals surface area contributed by atoms with Gasteiger partial charge in [0.1, 0.15) is 0 Å². The molecular weight excluding hydrogens is 322 g/mol. The van der Waals surface area contributed by atoms with Crippen LogP contribution in [-0.4, -0.2) is 39.2 Å². The predicted octanol–water partition coefficient (Wildman–Crippen LogP) is 1.01. The summed E-state index contributed by atoms with van der Waals surface area (Å²) in [7, 11) is 1.55. The van der Waals surface area contributed by atoms with Crippen molar-refractivity contribution in [1.82, 2.24) is 20.3 Å². The fourth-order valence-electron chi connectivity index (χ4n) is 3.00. The second-order valence-corrected chi connectivity index (χ2v) is 6.20. The smallest absolute Gasteiger partial charge is 0.255 e. The number of pyridine rings is 1. The van der Waals surface area contributed by atoms with Crippen LogP contribution in [0.25, 0.3) is 0 Å². The third-order valence-electron chi connectivity index (χ3n) is 4.48. The molecule has 1 atom stereocenters. The first kappa shape index (κ1) is 17.1. The van der Waals surface area contributed by atoms with Crippen LogP contribution in [0.3, 0.4) is 0 Å². The van der Waals surface area contributed by atoms with Gasteiger partial charge in [-0.25, -0.2) is 15.0 Å². The number of aliphatic hydroxyl groups is 1. The van der Waals surface area contributed by atoms with E-state index in [1.54, 1.807) is 26.3 Å². The van der Waals surface area contributed by atoms with Crippen LogP contribution >= 0.6 is 0 Å². The van der Waals surface area contributed by atoms with Gasteiger partial charge in [0.2, 0.25) is 11.8 Å². The van der Waals surface area contributed by atoms with E-state index in [1.165, 1.54) is 6.20 Å². The molecule has 1 saturated carbocycles. The largest absolute Gasteiger partial charge is 0.481 e. The summed E-state index contributed by atoms with van der Waals surface area (Å²) < 4.78 is 5.08. The monoisotopic (exact) mass is 343 g/mol. The van der Waals surface area contributed by atoms with Gasteiger partial charge in [-0.1, -0.05) is 6.07 Å². The standard InChI is InChI=1S/C17H21N5O3/c1-9-13(8-20-17(18)21-9)16(24)22-15(11-5-12(23)6-11)10-3-4-14(25-2)19-7-10/h3-4,7-8,11-12,15,23H,5-6H2,1-2H3,(H,22,24)(H2,18,20,21). The first-order valence-electron chi connectivity index (χ1n) is 8.06. The fourth-order valence-corrected chi connectivity index (χ4v) is 3.00. The SMILES string of the molecule is COc1ccc(C(NC(=O)c2cnc(N)nc2C)C2CC(O)C2)cn1. The quantitative estimate of drug-likeness (QED) is 0.740. The topological polar surface area (TPSA) is 123 Å². The van der Waals surface area contributed by atoms with Crippen molar-refractivity contribution in [2.75, 3.05) is 12.8 Å². The number of nitrogen functional groups attached to an aromatic ring is 1. The van der Waals surface area contributed by atoms with E-state index >= 15 is 0 Å². The number of aromatic nitrogens is 3. The van der Waals surface area contributed by atoms with Crippen LogP contribution in [0.2, 0.25) is 0 Å². The van der Waals surface area contributed by atoms with E-state index in [1.807, 2.05) is 6.07 Å². The number of carbonyl (C=O) groups excluding carboxylic acids is 1. The first-order valence-corrected chi connectivity index (χ1v) is 8.06. The molecular formula is C17H21N5O3. The summed E-state index contributed by atoms with van der Waals surface area (Å²) in [6.45, 7) is 1.71. The Labute approximate surface area is 145 Å². The number of hydrogen-bond donors (Lipinski definition) is 3. The van der Waals surface area contributed by atoms with Crippen LogP contribution in [0.15, 0.2) is 24.5 Å². The maximum atomic E-state index is 12.7. The Morgan fingerprint density at radius 2 is 2.12 bits per heavy atom.